The Kier molecular flexibility index (Phi) is 7.11. The Labute approximate surface area is 177 Å². The van der Waals surface area contributed by atoms with Crippen molar-refractivity contribution in [2.24, 2.45) is 5.92 Å². The molecule has 3 rings (SSSR count). The highest BCUT2D eigenvalue weighted by molar-refractivity contribution is 6.08. The molecule has 0 aliphatic rings. The molecule has 0 saturated carbocycles. The molecule has 1 atom stereocenters. The fraction of sp³-hybridized carbons (Fsp3) is 0.417. The van der Waals surface area contributed by atoms with Gasteiger partial charge in [-0.3, -0.25) is 4.79 Å². The monoisotopic (exact) mass is 410 g/mol. The molecule has 0 radical (unpaired) electrons. The topological polar surface area (TPSA) is 71.8 Å². The van der Waals surface area contributed by atoms with Crippen molar-refractivity contribution in [1.29, 1.82) is 0 Å². The summed E-state index contributed by atoms with van der Waals surface area (Å²) in [6.45, 7) is 7.58. The number of benzene rings is 2. The smallest absolute Gasteiger partial charge is 0.251 e. The van der Waals surface area contributed by atoms with Crippen molar-refractivity contribution in [3.63, 3.8) is 0 Å². The van der Waals surface area contributed by atoms with Crippen LogP contribution < -0.4 is 10.2 Å². The highest BCUT2D eigenvalue weighted by Gasteiger charge is 2.15. The quantitative estimate of drug-likeness (QED) is 0.396. The van der Waals surface area contributed by atoms with Gasteiger partial charge in [-0.25, -0.2) is 0 Å². The molecule has 6 heteroatoms. The van der Waals surface area contributed by atoms with Gasteiger partial charge in [-0.15, -0.1) is 0 Å². The number of nitrogens with one attached hydrogen (secondary N) is 1. The summed E-state index contributed by atoms with van der Waals surface area (Å²) >= 11 is 0. The van der Waals surface area contributed by atoms with Gasteiger partial charge >= 0.3 is 0 Å². The molecule has 1 unspecified atom stereocenters. The number of ether oxygens (including phenoxy) is 1. The van der Waals surface area contributed by atoms with Crippen molar-refractivity contribution in [3.8, 4) is 0 Å². The number of fused-ring (bicyclic) bond motifs is 3. The molecule has 0 fully saturated rings. The minimum absolute atomic E-state index is 0.0638. The van der Waals surface area contributed by atoms with Crippen LogP contribution in [0.4, 0.5) is 5.69 Å². The minimum Gasteiger partial charge on any atom is -0.456 e. The Hall–Kier alpha value is -2.86. The van der Waals surface area contributed by atoms with Gasteiger partial charge in [0.05, 0.1) is 6.61 Å². The number of aldehydes is 1. The van der Waals surface area contributed by atoms with Crippen LogP contribution in [-0.4, -0.2) is 45.0 Å². The average Bonchev–Trinajstić information content (AvgIpc) is 3.07. The lowest BCUT2D eigenvalue weighted by Crippen LogP contribution is -2.33. The zero-order valence-electron chi connectivity index (χ0n) is 18.1. The molecular formula is C24H30N2O4. The summed E-state index contributed by atoms with van der Waals surface area (Å²) in [5.41, 5.74) is 3.16. The highest BCUT2D eigenvalue weighted by Crippen LogP contribution is 2.32. The molecule has 0 spiro atoms. The van der Waals surface area contributed by atoms with Crippen molar-refractivity contribution >= 4 is 39.8 Å². The second-order valence-corrected chi connectivity index (χ2v) is 8.16. The van der Waals surface area contributed by atoms with E-state index < -0.39 is 0 Å². The van der Waals surface area contributed by atoms with Crippen LogP contribution in [0.15, 0.2) is 40.8 Å². The zero-order valence-corrected chi connectivity index (χ0v) is 18.1. The first-order valence-corrected chi connectivity index (χ1v) is 10.4. The highest BCUT2D eigenvalue weighted by atomic mass is 16.5. The summed E-state index contributed by atoms with van der Waals surface area (Å²) in [5.74, 6) is 0.468. The third kappa shape index (κ3) is 5.19. The summed E-state index contributed by atoms with van der Waals surface area (Å²) in [5, 5.41) is 4.98. The SMILES string of the molecule is CC(C)CC(C)NC(=O)c1ccc2oc3cc(N(C)CCOCC=O)ccc3c2c1. The van der Waals surface area contributed by atoms with Gasteiger partial charge in [0.25, 0.3) is 5.91 Å². The lowest BCUT2D eigenvalue weighted by Gasteiger charge is -2.18. The second-order valence-electron chi connectivity index (χ2n) is 8.16. The summed E-state index contributed by atoms with van der Waals surface area (Å²) in [6.07, 6.45) is 1.69. The van der Waals surface area contributed by atoms with E-state index in [0.29, 0.717) is 24.6 Å². The average molecular weight is 411 g/mol. The molecule has 1 aromatic heterocycles. The Balaban J connectivity index is 1.79. The van der Waals surface area contributed by atoms with Gasteiger partial charge in [-0.05, 0) is 49.6 Å². The normalized spacial score (nSPS) is 12.4. The number of anilines is 1. The summed E-state index contributed by atoms with van der Waals surface area (Å²) in [6, 6.07) is 11.7. The van der Waals surface area contributed by atoms with E-state index in [-0.39, 0.29) is 18.6 Å². The van der Waals surface area contributed by atoms with Crippen LogP contribution in [0, 0.1) is 5.92 Å². The predicted octanol–water partition coefficient (Wildman–Crippen LogP) is 4.40. The maximum absolute atomic E-state index is 12.6. The molecule has 0 aliphatic heterocycles. The van der Waals surface area contributed by atoms with Crippen LogP contribution >= 0.6 is 0 Å². The third-order valence-corrected chi connectivity index (χ3v) is 5.12. The number of carbonyl (C=O) groups excluding carboxylic acids is 2. The summed E-state index contributed by atoms with van der Waals surface area (Å²) in [4.78, 5) is 25.0. The molecule has 30 heavy (non-hydrogen) atoms. The van der Waals surface area contributed by atoms with Gasteiger partial charge < -0.3 is 24.2 Å². The molecule has 160 valence electrons. The van der Waals surface area contributed by atoms with Gasteiger partial charge in [0.2, 0.25) is 0 Å². The molecule has 0 bridgehead atoms. The van der Waals surface area contributed by atoms with E-state index in [0.717, 1.165) is 40.3 Å². The number of furan rings is 1. The van der Waals surface area contributed by atoms with Gasteiger partial charge in [0, 0.05) is 47.7 Å². The largest absolute Gasteiger partial charge is 0.456 e. The van der Waals surface area contributed by atoms with Crippen LogP contribution in [0.5, 0.6) is 0 Å². The molecule has 0 aliphatic carbocycles. The van der Waals surface area contributed by atoms with Gasteiger partial charge in [-0.1, -0.05) is 13.8 Å². The molecule has 3 aromatic rings. The van der Waals surface area contributed by atoms with E-state index >= 15 is 0 Å². The fourth-order valence-electron chi connectivity index (χ4n) is 3.68. The second kappa shape index (κ2) is 9.76. The first kappa shape index (κ1) is 21.8. The van der Waals surface area contributed by atoms with E-state index in [1.807, 2.05) is 49.2 Å². The van der Waals surface area contributed by atoms with Crippen molar-refractivity contribution < 1.29 is 18.7 Å². The molecule has 2 aromatic carbocycles. The number of likely N-dealkylation sites (N-methyl/N-ethyl adjacent to an activating group) is 1. The Morgan fingerprint density at radius 3 is 2.67 bits per heavy atom. The van der Waals surface area contributed by atoms with E-state index in [9.17, 15) is 9.59 Å². The molecule has 1 heterocycles. The van der Waals surface area contributed by atoms with Gasteiger partial charge in [0.1, 0.15) is 24.1 Å². The predicted molar refractivity (Wildman–Crippen MR) is 120 cm³/mol. The number of amides is 1. The first-order valence-electron chi connectivity index (χ1n) is 10.4. The zero-order chi connectivity index (χ0) is 21.7. The lowest BCUT2D eigenvalue weighted by molar-refractivity contribution is -0.111. The summed E-state index contributed by atoms with van der Waals surface area (Å²) < 4.78 is 11.2. The lowest BCUT2D eigenvalue weighted by atomic mass is 10.0. The van der Waals surface area contributed by atoms with Crippen LogP contribution in [-0.2, 0) is 9.53 Å². The maximum atomic E-state index is 12.6. The van der Waals surface area contributed by atoms with E-state index in [1.54, 1.807) is 6.07 Å². The Morgan fingerprint density at radius 2 is 1.93 bits per heavy atom. The van der Waals surface area contributed by atoms with E-state index in [2.05, 4.69) is 19.2 Å². The number of nitrogens with zero attached hydrogens (tertiary/aromatic N) is 1. The van der Waals surface area contributed by atoms with Crippen LogP contribution in [0.1, 0.15) is 37.6 Å². The molecular weight excluding hydrogens is 380 g/mol. The Morgan fingerprint density at radius 1 is 1.13 bits per heavy atom. The number of hydrogen-bond acceptors (Lipinski definition) is 5. The van der Waals surface area contributed by atoms with Crippen LogP contribution in [0.2, 0.25) is 0 Å². The molecule has 6 nitrogen and oxygen atoms in total. The van der Waals surface area contributed by atoms with Gasteiger partial charge in [-0.2, -0.15) is 0 Å². The van der Waals surface area contributed by atoms with E-state index in [4.69, 9.17) is 9.15 Å². The van der Waals surface area contributed by atoms with Crippen LogP contribution in [0.25, 0.3) is 21.9 Å². The van der Waals surface area contributed by atoms with Crippen LogP contribution in [0.3, 0.4) is 0 Å². The van der Waals surface area contributed by atoms with Gasteiger partial charge in [0.15, 0.2) is 0 Å². The van der Waals surface area contributed by atoms with Crippen molar-refractivity contribution in [2.45, 2.75) is 33.2 Å². The molecule has 1 N–H and O–H groups in total. The fourth-order valence-corrected chi connectivity index (χ4v) is 3.68. The van der Waals surface area contributed by atoms with Crippen molar-refractivity contribution in [3.05, 3.63) is 42.0 Å². The maximum Gasteiger partial charge on any atom is 0.251 e. The molecule has 1 amide bonds. The van der Waals surface area contributed by atoms with E-state index in [1.165, 1.54) is 0 Å². The van der Waals surface area contributed by atoms with Crippen molar-refractivity contribution in [2.75, 3.05) is 31.7 Å². The minimum atomic E-state index is -0.0638. The van der Waals surface area contributed by atoms with Crippen molar-refractivity contribution in [1.82, 2.24) is 5.32 Å². The number of carbonyl (C=O) groups is 2. The first-order chi connectivity index (χ1) is 14.4. The molecule has 0 saturated heterocycles. The number of rotatable bonds is 10. The summed E-state index contributed by atoms with van der Waals surface area (Å²) in [7, 11) is 1.97. The Bertz CT molecular complexity index is 1020. The number of hydrogen-bond donors (Lipinski definition) is 1. The third-order valence-electron chi connectivity index (χ3n) is 5.12. The standard InChI is InChI=1S/C24H30N2O4/c1-16(2)13-17(3)25-24(28)18-5-8-22-21(14-18)20-7-6-19(15-23(20)30-22)26(4)9-11-29-12-10-27/h5-8,10,14-17H,9,11-13H2,1-4H3,(H,25,28).